The van der Waals surface area contributed by atoms with Crippen molar-refractivity contribution in [2.24, 2.45) is 0 Å². The minimum absolute atomic E-state index is 0.0882. The molecule has 4 amide bonds. The molecule has 2 fully saturated rings. The minimum atomic E-state index is -0.0882. The maximum Gasteiger partial charge on any atom is 0.321 e. The van der Waals surface area contributed by atoms with Gasteiger partial charge in [-0.3, -0.25) is 0 Å². The second kappa shape index (κ2) is 9.80. The van der Waals surface area contributed by atoms with E-state index in [1.54, 1.807) is 0 Å². The molecule has 2 N–H and O–H groups in total. The summed E-state index contributed by atoms with van der Waals surface area (Å²) in [6.07, 6.45) is 11.6. The van der Waals surface area contributed by atoms with E-state index in [4.69, 9.17) is 0 Å². The first-order valence-corrected chi connectivity index (χ1v) is 10.7. The fourth-order valence-electron chi connectivity index (χ4n) is 4.37. The third-order valence-electron chi connectivity index (χ3n) is 6.25. The number of carbonyl (C=O) groups excluding carboxylic acids is 2. The number of nitrogens with zero attached hydrogens (tertiary/aromatic N) is 2. The molecular weight excluding hydrogens is 352 g/mol. The van der Waals surface area contributed by atoms with Gasteiger partial charge < -0.3 is 20.4 Å². The number of hydrogen-bond donors (Lipinski definition) is 2. The average molecular weight is 387 g/mol. The van der Waals surface area contributed by atoms with E-state index >= 15 is 0 Å². The largest absolute Gasteiger partial charge is 0.325 e. The first kappa shape index (κ1) is 20.5. The van der Waals surface area contributed by atoms with E-state index in [0.29, 0.717) is 23.5 Å². The van der Waals surface area contributed by atoms with Gasteiger partial charge in [0, 0.05) is 37.6 Å². The zero-order valence-electron chi connectivity index (χ0n) is 17.2. The van der Waals surface area contributed by atoms with Crippen molar-refractivity contribution in [1.29, 1.82) is 0 Å². The van der Waals surface area contributed by atoms with Gasteiger partial charge >= 0.3 is 12.1 Å². The molecule has 1 aromatic rings. The number of amides is 4. The molecule has 2 saturated carbocycles. The van der Waals surface area contributed by atoms with Crippen molar-refractivity contribution < 1.29 is 9.59 Å². The number of benzene rings is 1. The summed E-state index contributed by atoms with van der Waals surface area (Å²) in [6, 6.07) is 7.84. The highest BCUT2D eigenvalue weighted by Crippen LogP contribution is 2.24. The van der Waals surface area contributed by atoms with E-state index < -0.39 is 0 Å². The Hall–Kier alpha value is -2.24. The molecule has 28 heavy (non-hydrogen) atoms. The van der Waals surface area contributed by atoms with Gasteiger partial charge in [0.1, 0.15) is 0 Å². The molecule has 0 atom stereocenters. The Morgan fingerprint density at radius 3 is 1.54 bits per heavy atom. The number of nitrogens with one attached hydrogen (secondary N) is 2. The lowest BCUT2D eigenvalue weighted by atomic mass is 9.95. The molecule has 0 radical (unpaired) electrons. The summed E-state index contributed by atoms with van der Waals surface area (Å²) < 4.78 is 0. The van der Waals surface area contributed by atoms with E-state index in [9.17, 15) is 9.59 Å². The number of urea groups is 2. The van der Waals surface area contributed by atoms with Crippen molar-refractivity contribution in [3.63, 3.8) is 0 Å². The summed E-state index contributed by atoms with van der Waals surface area (Å²) in [7, 11) is 3.74. The molecule has 6 heteroatoms. The monoisotopic (exact) mass is 386 g/mol. The van der Waals surface area contributed by atoms with Crippen LogP contribution in [0.4, 0.5) is 21.0 Å². The molecule has 0 aromatic heterocycles. The predicted octanol–water partition coefficient (Wildman–Crippen LogP) is 5.28. The summed E-state index contributed by atoms with van der Waals surface area (Å²) in [5.74, 6) is 0. The summed E-state index contributed by atoms with van der Waals surface area (Å²) >= 11 is 0. The molecular formula is C22H34N4O2. The number of carbonyl (C=O) groups is 2. The van der Waals surface area contributed by atoms with Gasteiger partial charge in [-0.15, -0.1) is 0 Å². The smallest absolute Gasteiger partial charge is 0.321 e. The summed E-state index contributed by atoms with van der Waals surface area (Å²) in [5, 5.41) is 5.93. The van der Waals surface area contributed by atoms with E-state index in [2.05, 4.69) is 10.6 Å². The van der Waals surface area contributed by atoms with Gasteiger partial charge in [-0.1, -0.05) is 44.6 Å². The molecule has 1 aromatic carbocycles. The Kier molecular flexibility index (Phi) is 7.18. The fourth-order valence-corrected chi connectivity index (χ4v) is 4.37. The molecule has 6 nitrogen and oxygen atoms in total. The van der Waals surface area contributed by atoms with Crippen molar-refractivity contribution in [2.75, 3.05) is 24.7 Å². The Morgan fingerprint density at radius 1 is 0.750 bits per heavy atom. The predicted molar refractivity (Wildman–Crippen MR) is 114 cm³/mol. The molecule has 2 aliphatic carbocycles. The van der Waals surface area contributed by atoms with Gasteiger partial charge in [0.25, 0.3) is 0 Å². The van der Waals surface area contributed by atoms with Gasteiger partial charge in [0.05, 0.1) is 0 Å². The van der Waals surface area contributed by atoms with Crippen LogP contribution >= 0.6 is 0 Å². The maximum atomic E-state index is 12.6. The topological polar surface area (TPSA) is 64.7 Å². The SMILES string of the molecule is CN(C(=O)Nc1cccc(NC(=O)N(C)C2CCCCC2)c1)C1CCCCC1. The van der Waals surface area contributed by atoms with Gasteiger partial charge in [-0.05, 0) is 43.9 Å². The Morgan fingerprint density at radius 2 is 1.14 bits per heavy atom. The van der Waals surface area contributed by atoms with Crippen LogP contribution in [0.1, 0.15) is 64.2 Å². The van der Waals surface area contributed by atoms with Crippen LogP contribution in [0.15, 0.2) is 24.3 Å². The highest BCUT2D eigenvalue weighted by Gasteiger charge is 2.23. The number of hydrogen-bond acceptors (Lipinski definition) is 2. The number of rotatable bonds is 4. The van der Waals surface area contributed by atoms with Crippen LogP contribution in [0.3, 0.4) is 0 Å². The zero-order chi connectivity index (χ0) is 19.9. The normalized spacial score (nSPS) is 18.4. The van der Waals surface area contributed by atoms with Crippen molar-refractivity contribution >= 4 is 23.4 Å². The third-order valence-corrected chi connectivity index (χ3v) is 6.25. The van der Waals surface area contributed by atoms with E-state index in [1.165, 1.54) is 38.5 Å². The summed E-state index contributed by atoms with van der Waals surface area (Å²) in [5.41, 5.74) is 1.40. The number of anilines is 2. The Bertz CT molecular complexity index is 613. The van der Waals surface area contributed by atoms with Gasteiger partial charge in [0.2, 0.25) is 0 Å². The lowest BCUT2D eigenvalue weighted by Crippen LogP contribution is -2.41. The van der Waals surface area contributed by atoms with Gasteiger partial charge in [-0.2, -0.15) is 0 Å². The molecule has 0 spiro atoms. The second-order valence-electron chi connectivity index (χ2n) is 8.25. The molecule has 3 rings (SSSR count). The fraction of sp³-hybridized carbons (Fsp3) is 0.636. The van der Waals surface area contributed by atoms with E-state index in [-0.39, 0.29) is 12.1 Å². The first-order valence-electron chi connectivity index (χ1n) is 10.7. The Balaban J connectivity index is 1.55. The standard InChI is InChI=1S/C22H34N4O2/c1-25(19-12-5-3-6-13-19)21(27)23-17-10-9-11-18(16-17)24-22(28)26(2)20-14-7-4-8-15-20/h9-11,16,19-20H,3-8,12-15H2,1-2H3,(H,23,27)(H,24,28). The van der Waals surface area contributed by atoms with Crippen LogP contribution in [0.25, 0.3) is 0 Å². The Labute approximate surface area is 168 Å². The zero-order valence-corrected chi connectivity index (χ0v) is 17.2. The molecule has 2 aliphatic rings. The molecule has 0 heterocycles. The van der Waals surface area contributed by atoms with Gasteiger partial charge in [-0.25, -0.2) is 9.59 Å². The molecule has 0 unspecified atom stereocenters. The highest BCUT2D eigenvalue weighted by atomic mass is 16.2. The average Bonchev–Trinajstić information content (AvgIpc) is 2.74. The van der Waals surface area contributed by atoms with Crippen molar-refractivity contribution in [1.82, 2.24) is 9.80 Å². The first-order chi connectivity index (χ1) is 13.5. The highest BCUT2D eigenvalue weighted by molar-refractivity contribution is 5.92. The van der Waals surface area contributed by atoms with E-state index in [0.717, 1.165) is 25.7 Å². The van der Waals surface area contributed by atoms with Crippen LogP contribution in [0.2, 0.25) is 0 Å². The summed E-state index contributed by atoms with van der Waals surface area (Å²) in [4.78, 5) is 28.8. The van der Waals surface area contributed by atoms with Crippen LogP contribution in [-0.2, 0) is 0 Å². The van der Waals surface area contributed by atoms with Crippen molar-refractivity contribution in [3.8, 4) is 0 Å². The molecule has 0 aliphatic heterocycles. The van der Waals surface area contributed by atoms with Gasteiger partial charge in [0.15, 0.2) is 0 Å². The van der Waals surface area contributed by atoms with Crippen LogP contribution in [-0.4, -0.2) is 48.0 Å². The second-order valence-corrected chi connectivity index (χ2v) is 8.25. The summed E-state index contributed by atoms with van der Waals surface area (Å²) in [6.45, 7) is 0. The van der Waals surface area contributed by atoms with Crippen LogP contribution in [0, 0.1) is 0 Å². The maximum absolute atomic E-state index is 12.6. The van der Waals surface area contributed by atoms with E-state index in [1.807, 2.05) is 48.2 Å². The minimum Gasteiger partial charge on any atom is -0.325 e. The molecule has 154 valence electrons. The lowest BCUT2D eigenvalue weighted by Gasteiger charge is -2.31. The molecule has 0 bridgehead atoms. The lowest BCUT2D eigenvalue weighted by molar-refractivity contribution is 0.186. The van der Waals surface area contributed by atoms with Crippen molar-refractivity contribution in [2.45, 2.75) is 76.3 Å². The quantitative estimate of drug-likeness (QED) is 0.739. The van der Waals surface area contributed by atoms with Crippen LogP contribution in [0.5, 0.6) is 0 Å². The third kappa shape index (κ3) is 5.40. The molecule has 0 saturated heterocycles. The van der Waals surface area contributed by atoms with Crippen LogP contribution < -0.4 is 10.6 Å². The van der Waals surface area contributed by atoms with Crippen molar-refractivity contribution in [3.05, 3.63) is 24.3 Å².